The molecule has 3 aliphatic rings. The van der Waals surface area contributed by atoms with Gasteiger partial charge in [0.1, 0.15) is 11.0 Å². The SMILES string of the molecule is O=C(COc1ccc(C2c3sc(=O)[nH]c3SC3C(=O)N(c4ccc(Cl)cc4)C(=O)C32)cc1)N1CCCCC1. The Morgan fingerprint density at radius 3 is 2.39 bits per heavy atom. The third-order valence-electron chi connectivity index (χ3n) is 7.22. The molecular weight excluding hydrogens is 546 g/mol. The molecule has 196 valence electrons. The van der Waals surface area contributed by atoms with Crippen LogP contribution in [-0.4, -0.2) is 52.6 Å². The molecule has 2 aromatic carbocycles. The number of thioether (sulfide) groups is 1. The average molecular weight is 570 g/mol. The van der Waals surface area contributed by atoms with Crippen LogP contribution in [0, 0.1) is 5.92 Å². The smallest absolute Gasteiger partial charge is 0.305 e. The minimum atomic E-state index is -0.672. The monoisotopic (exact) mass is 569 g/mol. The Morgan fingerprint density at radius 2 is 1.68 bits per heavy atom. The number of nitrogens with one attached hydrogen (secondary N) is 1. The van der Waals surface area contributed by atoms with E-state index in [2.05, 4.69) is 4.98 Å². The number of thiazole rings is 1. The van der Waals surface area contributed by atoms with Crippen LogP contribution in [0.4, 0.5) is 5.69 Å². The first-order chi connectivity index (χ1) is 18.4. The van der Waals surface area contributed by atoms with E-state index in [0.29, 0.717) is 21.5 Å². The van der Waals surface area contributed by atoms with Gasteiger partial charge in [-0.3, -0.25) is 19.2 Å². The summed E-state index contributed by atoms with van der Waals surface area (Å²) in [7, 11) is 0. The summed E-state index contributed by atoms with van der Waals surface area (Å²) in [6, 6.07) is 13.8. The van der Waals surface area contributed by atoms with Crippen molar-refractivity contribution in [2.75, 3.05) is 24.6 Å². The number of aromatic amines is 1. The van der Waals surface area contributed by atoms with Crippen LogP contribution in [-0.2, 0) is 14.4 Å². The van der Waals surface area contributed by atoms with E-state index in [9.17, 15) is 19.2 Å². The van der Waals surface area contributed by atoms with Gasteiger partial charge in [0.2, 0.25) is 11.8 Å². The van der Waals surface area contributed by atoms with Crippen LogP contribution in [0.5, 0.6) is 5.75 Å². The van der Waals surface area contributed by atoms with Crippen molar-refractivity contribution >= 4 is 58.1 Å². The Hall–Kier alpha value is -3.08. The van der Waals surface area contributed by atoms with E-state index in [0.717, 1.165) is 54.1 Å². The van der Waals surface area contributed by atoms with E-state index < -0.39 is 17.1 Å². The summed E-state index contributed by atoms with van der Waals surface area (Å²) in [6.07, 6.45) is 3.19. The van der Waals surface area contributed by atoms with Crippen molar-refractivity contribution in [1.82, 2.24) is 9.88 Å². The van der Waals surface area contributed by atoms with E-state index in [4.69, 9.17) is 16.3 Å². The zero-order valence-corrected chi connectivity index (χ0v) is 22.6. The lowest BCUT2D eigenvalue weighted by Gasteiger charge is -2.30. The van der Waals surface area contributed by atoms with Crippen molar-refractivity contribution in [2.45, 2.75) is 35.5 Å². The third kappa shape index (κ3) is 4.54. The molecule has 3 aliphatic heterocycles. The lowest BCUT2D eigenvalue weighted by Crippen LogP contribution is -2.38. The molecule has 3 amide bonds. The average Bonchev–Trinajstić information content (AvgIpc) is 3.43. The molecule has 3 aromatic rings. The van der Waals surface area contributed by atoms with Gasteiger partial charge in [-0.15, -0.1) is 0 Å². The fraction of sp³-hybridized carbons (Fsp3) is 0.333. The molecule has 4 heterocycles. The molecule has 2 saturated heterocycles. The van der Waals surface area contributed by atoms with Crippen molar-refractivity contribution < 1.29 is 19.1 Å². The fourth-order valence-electron chi connectivity index (χ4n) is 5.37. The van der Waals surface area contributed by atoms with E-state index >= 15 is 0 Å². The molecular formula is C27H24ClN3O5S2. The number of hydrogen-bond acceptors (Lipinski definition) is 7. The van der Waals surface area contributed by atoms with Gasteiger partial charge in [-0.1, -0.05) is 46.8 Å². The summed E-state index contributed by atoms with van der Waals surface area (Å²) in [5.41, 5.74) is 1.27. The molecule has 8 nitrogen and oxygen atoms in total. The third-order valence-corrected chi connectivity index (χ3v) is 9.87. The number of carbonyl (C=O) groups excluding carboxylic acids is 3. The maximum atomic E-state index is 13.7. The zero-order chi connectivity index (χ0) is 26.4. The first-order valence-electron chi connectivity index (χ1n) is 12.4. The van der Waals surface area contributed by atoms with Gasteiger partial charge in [0.25, 0.3) is 5.91 Å². The predicted molar refractivity (Wildman–Crippen MR) is 146 cm³/mol. The second kappa shape index (κ2) is 10.2. The molecule has 11 heteroatoms. The number of carbonyl (C=O) groups is 3. The van der Waals surface area contributed by atoms with Crippen molar-refractivity contribution in [1.29, 1.82) is 0 Å². The molecule has 1 aromatic heterocycles. The van der Waals surface area contributed by atoms with Crippen LogP contribution < -0.4 is 14.5 Å². The van der Waals surface area contributed by atoms with Gasteiger partial charge in [-0.05, 0) is 61.2 Å². The van der Waals surface area contributed by atoms with Gasteiger partial charge in [-0.2, -0.15) is 0 Å². The number of rotatable bonds is 5. The van der Waals surface area contributed by atoms with Crippen LogP contribution >= 0.6 is 34.7 Å². The van der Waals surface area contributed by atoms with Gasteiger partial charge >= 0.3 is 4.87 Å². The van der Waals surface area contributed by atoms with Crippen LogP contribution in [0.3, 0.4) is 0 Å². The highest BCUT2D eigenvalue weighted by Crippen LogP contribution is 2.53. The molecule has 0 aliphatic carbocycles. The molecule has 3 atom stereocenters. The summed E-state index contributed by atoms with van der Waals surface area (Å²) >= 11 is 8.32. The number of fused-ring (bicyclic) bond motifs is 2. The summed E-state index contributed by atoms with van der Waals surface area (Å²) in [6.45, 7) is 1.51. The Kier molecular flexibility index (Phi) is 6.79. The number of halogens is 1. The van der Waals surface area contributed by atoms with Gasteiger partial charge in [-0.25, -0.2) is 4.90 Å². The van der Waals surface area contributed by atoms with E-state index in [1.165, 1.54) is 16.7 Å². The summed E-state index contributed by atoms with van der Waals surface area (Å²) in [5, 5.41) is 0.467. The molecule has 1 N–H and O–H groups in total. The van der Waals surface area contributed by atoms with Crippen molar-refractivity contribution in [3.63, 3.8) is 0 Å². The van der Waals surface area contributed by atoms with Crippen LogP contribution in [0.25, 0.3) is 0 Å². The lowest BCUT2D eigenvalue weighted by atomic mass is 9.83. The fourth-order valence-corrected chi connectivity index (χ4v) is 8.01. The zero-order valence-electron chi connectivity index (χ0n) is 20.2. The van der Waals surface area contributed by atoms with Crippen molar-refractivity contribution in [3.05, 3.63) is 73.7 Å². The number of ether oxygens (including phenoxy) is 1. The van der Waals surface area contributed by atoms with E-state index in [-0.39, 0.29) is 29.2 Å². The van der Waals surface area contributed by atoms with Gasteiger partial charge in [0.05, 0.1) is 16.6 Å². The number of anilines is 1. The number of likely N-dealkylation sites (tertiary alicyclic amines) is 1. The quantitative estimate of drug-likeness (QED) is 0.461. The Bertz CT molecular complexity index is 1450. The molecule has 0 radical (unpaired) electrons. The number of H-pyrrole nitrogens is 1. The molecule has 0 saturated carbocycles. The van der Waals surface area contributed by atoms with Gasteiger partial charge in [0, 0.05) is 28.9 Å². The standard InChI is InChI=1S/C27H24ClN3O5S2/c28-16-6-8-17(9-7-16)31-25(33)21-20(22-24(29-27(35)38-22)37-23(21)26(31)34)15-4-10-18(11-5-15)36-14-19(32)30-12-2-1-3-13-30/h4-11,20-21,23H,1-3,12-14H2,(H,29,35). The number of hydrogen-bond donors (Lipinski definition) is 1. The lowest BCUT2D eigenvalue weighted by molar-refractivity contribution is -0.134. The maximum Gasteiger partial charge on any atom is 0.305 e. The van der Waals surface area contributed by atoms with Crippen LogP contribution in [0.2, 0.25) is 5.02 Å². The largest absolute Gasteiger partial charge is 0.484 e. The van der Waals surface area contributed by atoms with Crippen molar-refractivity contribution in [3.8, 4) is 5.75 Å². The number of piperidine rings is 1. The predicted octanol–water partition coefficient (Wildman–Crippen LogP) is 4.28. The van der Waals surface area contributed by atoms with Gasteiger partial charge < -0.3 is 14.6 Å². The highest BCUT2D eigenvalue weighted by Gasteiger charge is 2.56. The molecule has 6 rings (SSSR count). The topological polar surface area (TPSA) is 99.8 Å². The van der Waals surface area contributed by atoms with Gasteiger partial charge in [0.15, 0.2) is 6.61 Å². The number of aromatic nitrogens is 1. The molecule has 3 unspecified atom stereocenters. The highest BCUT2D eigenvalue weighted by atomic mass is 35.5. The summed E-state index contributed by atoms with van der Waals surface area (Å²) < 4.78 is 5.76. The van der Waals surface area contributed by atoms with Crippen molar-refractivity contribution in [2.24, 2.45) is 5.92 Å². The minimum absolute atomic E-state index is 0.0278. The molecule has 0 bridgehead atoms. The number of nitrogens with zero attached hydrogens (tertiary/aromatic N) is 2. The Morgan fingerprint density at radius 1 is 0.974 bits per heavy atom. The molecule has 38 heavy (non-hydrogen) atoms. The first-order valence-corrected chi connectivity index (χ1v) is 14.5. The number of benzene rings is 2. The Labute approximate surface area is 231 Å². The number of imide groups is 1. The first kappa shape index (κ1) is 25.2. The van der Waals surface area contributed by atoms with Crippen LogP contribution in [0.1, 0.15) is 35.6 Å². The highest BCUT2D eigenvalue weighted by molar-refractivity contribution is 8.00. The molecule has 0 spiro atoms. The Balaban J connectivity index is 1.27. The normalized spacial score (nSPS) is 22.8. The number of amides is 3. The summed E-state index contributed by atoms with van der Waals surface area (Å²) in [4.78, 5) is 58.4. The minimum Gasteiger partial charge on any atom is -0.484 e. The summed E-state index contributed by atoms with van der Waals surface area (Å²) in [5.74, 6) is -1.25. The van der Waals surface area contributed by atoms with E-state index in [1.54, 1.807) is 36.4 Å². The maximum absolute atomic E-state index is 13.7. The van der Waals surface area contributed by atoms with E-state index in [1.807, 2.05) is 17.0 Å². The second-order valence-electron chi connectivity index (χ2n) is 9.54. The van der Waals surface area contributed by atoms with Crippen LogP contribution in [0.15, 0.2) is 58.4 Å². The molecule has 2 fully saturated rings. The second-order valence-corrected chi connectivity index (χ2v) is 12.1.